The van der Waals surface area contributed by atoms with Gasteiger partial charge in [0.05, 0.1) is 0 Å². The lowest BCUT2D eigenvalue weighted by atomic mass is 10.2. The van der Waals surface area contributed by atoms with Crippen LogP contribution in [-0.4, -0.2) is 21.9 Å². The second kappa shape index (κ2) is 7.06. The Hall–Kier alpha value is -1.29. The molecule has 0 aliphatic heterocycles. The number of thioether (sulfide) groups is 1. The molecule has 0 aromatic heterocycles. The number of rotatable bonds is 6. The maximum absolute atomic E-state index is 11.6. The van der Waals surface area contributed by atoms with Gasteiger partial charge in [0.15, 0.2) is 0 Å². The Balaban J connectivity index is 2.19. The summed E-state index contributed by atoms with van der Waals surface area (Å²) >= 11 is 1.25. The highest BCUT2D eigenvalue weighted by molar-refractivity contribution is 8.14. The second-order valence-electron chi connectivity index (χ2n) is 3.35. The van der Waals surface area contributed by atoms with Gasteiger partial charge in [-0.25, -0.2) is 0 Å². The van der Waals surface area contributed by atoms with Crippen LogP contribution in [0.4, 0.5) is 0 Å². The van der Waals surface area contributed by atoms with Crippen molar-refractivity contribution in [1.82, 2.24) is 0 Å². The van der Waals surface area contributed by atoms with Crippen molar-refractivity contribution in [3.05, 3.63) is 35.9 Å². The van der Waals surface area contributed by atoms with Crippen molar-refractivity contribution < 1.29 is 14.7 Å². The van der Waals surface area contributed by atoms with Crippen LogP contribution in [0.25, 0.3) is 0 Å². The number of aliphatic carboxylic acids is 1. The highest BCUT2D eigenvalue weighted by Gasteiger charge is 2.05. The molecule has 0 atom stereocenters. The van der Waals surface area contributed by atoms with E-state index in [0.717, 1.165) is 6.42 Å². The molecule has 0 fully saturated rings. The van der Waals surface area contributed by atoms with Crippen molar-refractivity contribution >= 4 is 22.8 Å². The summed E-state index contributed by atoms with van der Waals surface area (Å²) in [5.41, 5.74) is 0.700. The molecule has 0 saturated carbocycles. The first kappa shape index (κ1) is 12.8. The van der Waals surface area contributed by atoms with E-state index >= 15 is 0 Å². The van der Waals surface area contributed by atoms with Crippen molar-refractivity contribution in [2.24, 2.45) is 0 Å². The Morgan fingerprint density at radius 1 is 1.12 bits per heavy atom. The molecule has 0 unspecified atom stereocenters. The number of hydrogen-bond acceptors (Lipinski definition) is 3. The van der Waals surface area contributed by atoms with Crippen LogP contribution in [0.1, 0.15) is 29.6 Å². The molecule has 4 heteroatoms. The highest BCUT2D eigenvalue weighted by atomic mass is 32.2. The van der Waals surface area contributed by atoms with Gasteiger partial charge in [-0.1, -0.05) is 42.1 Å². The van der Waals surface area contributed by atoms with Gasteiger partial charge in [0.1, 0.15) is 0 Å². The van der Waals surface area contributed by atoms with Crippen LogP contribution < -0.4 is 0 Å². The normalized spacial score (nSPS) is 10.0. The van der Waals surface area contributed by atoms with Gasteiger partial charge in [-0.3, -0.25) is 9.59 Å². The molecule has 0 bridgehead atoms. The third kappa shape index (κ3) is 4.98. The first-order valence-corrected chi connectivity index (χ1v) is 6.12. The minimum Gasteiger partial charge on any atom is -0.481 e. The number of carbonyl (C=O) groups is 2. The van der Waals surface area contributed by atoms with Crippen molar-refractivity contribution in [3.63, 3.8) is 0 Å². The van der Waals surface area contributed by atoms with E-state index in [4.69, 9.17) is 5.11 Å². The molecule has 0 amide bonds. The predicted molar refractivity (Wildman–Crippen MR) is 64.7 cm³/mol. The molecule has 0 spiro atoms. The molecule has 1 aromatic carbocycles. The minimum absolute atomic E-state index is 0.0518. The van der Waals surface area contributed by atoms with Gasteiger partial charge >= 0.3 is 5.97 Å². The molecule has 1 rings (SSSR count). The Bertz CT molecular complexity index is 349. The summed E-state index contributed by atoms with van der Waals surface area (Å²) in [5.74, 6) is -0.0968. The summed E-state index contributed by atoms with van der Waals surface area (Å²) < 4.78 is 0. The van der Waals surface area contributed by atoms with Crippen LogP contribution in [-0.2, 0) is 4.79 Å². The van der Waals surface area contributed by atoms with E-state index < -0.39 is 5.97 Å². The molecular formula is C12H14O3S. The van der Waals surface area contributed by atoms with Gasteiger partial charge in [-0.15, -0.1) is 0 Å². The predicted octanol–water partition coefficient (Wildman–Crippen LogP) is 2.81. The van der Waals surface area contributed by atoms with Crippen LogP contribution in [0.15, 0.2) is 30.3 Å². The third-order valence-corrected chi connectivity index (χ3v) is 3.02. The van der Waals surface area contributed by atoms with Gasteiger partial charge in [-0.2, -0.15) is 0 Å². The van der Waals surface area contributed by atoms with Gasteiger partial charge in [-0.05, 0) is 12.8 Å². The monoisotopic (exact) mass is 238 g/mol. The zero-order chi connectivity index (χ0) is 11.8. The smallest absolute Gasteiger partial charge is 0.303 e. The summed E-state index contributed by atoms with van der Waals surface area (Å²) in [6, 6.07) is 9.10. The number of benzene rings is 1. The lowest BCUT2D eigenvalue weighted by Crippen LogP contribution is -1.97. The molecule has 0 radical (unpaired) electrons. The maximum Gasteiger partial charge on any atom is 0.303 e. The number of carboxylic acid groups (broad SMARTS) is 1. The molecule has 3 nitrogen and oxygen atoms in total. The van der Waals surface area contributed by atoms with E-state index in [1.165, 1.54) is 11.8 Å². The lowest BCUT2D eigenvalue weighted by molar-refractivity contribution is -0.137. The molecule has 86 valence electrons. The Morgan fingerprint density at radius 2 is 1.81 bits per heavy atom. The molecular weight excluding hydrogens is 224 g/mol. The molecule has 0 aliphatic rings. The van der Waals surface area contributed by atoms with E-state index in [-0.39, 0.29) is 11.5 Å². The first-order chi connectivity index (χ1) is 7.70. The van der Waals surface area contributed by atoms with Crippen LogP contribution in [0.5, 0.6) is 0 Å². The number of hydrogen-bond donors (Lipinski definition) is 1. The quantitative estimate of drug-likeness (QED) is 0.774. The SMILES string of the molecule is O=C(O)CCCCSC(=O)c1ccccc1. The van der Waals surface area contributed by atoms with Crippen molar-refractivity contribution in [2.75, 3.05) is 5.75 Å². The zero-order valence-corrected chi connectivity index (χ0v) is 9.70. The van der Waals surface area contributed by atoms with Crippen LogP contribution in [0.3, 0.4) is 0 Å². The van der Waals surface area contributed by atoms with Gasteiger partial charge in [0.25, 0.3) is 0 Å². The van der Waals surface area contributed by atoms with E-state index in [1.54, 1.807) is 12.1 Å². The Morgan fingerprint density at radius 3 is 2.44 bits per heavy atom. The molecule has 16 heavy (non-hydrogen) atoms. The Kier molecular flexibility index (Phi) is 5.64. The summed E-state index contributed by atoms with van der Waals surface area (Å²) in [4.78, 5) is 21.8. The van der Waals surface area contributed by atoms with E-state index in [0.29, 0.717) is 17.7 Å². The molecule has 0 saturated heterocycles. The first-order valence-electron chi connectivity index (χ1n) is 5.14. The topological polar surface area (TPSA) is 54.4 Å². The van der Waals surface area contributed by atoms with Crippen molar-refractivity contribution in [3.8, 4) is 0 Å². The summed E-state index contributed by atoms with van der Waals surface area (Å²) in [6.07, 6.45) is 1.57. The standard InChI is InChI=1S/C12H14O3S/c13-11(14)8-4-5-9-16-12(15)10-6-2-1-3-7-10/h1-3,6-7H,4-5,8-9H2,(H,13,14). The molecule has 1 aromatic rings. The van der Waals surface area contributed by atoms with Gasteiger partial charge < -0.3 is 5.11 Å². The fraction of sp³-hybridized carbons (Fsp3) is 0.333. The molecule has 0 heterocycles. The second-order valence-corrected chi connectivity index (χ2v) is 4.42. The van der Waals surface area contributed by atoms with Crippen molar-refractivity contribution in [2.45, 2.75) is 19.3 Å². The number of carbonyl (C=O) groups excluding carboxylic acids is 1. The fourth-order valence-electron chi connectivity index (χ4n) is 1.20. The lowest BCUT2D eigenvalue weighted by Gasteiger charge is -2.00. The average Bonchev–Trinajstić information content (AvgIpc) is 2.29. The largest absolute Gasteiger partial charge is 0.481 e. The molecule has 0 aliphatic carbocycles. The number of unbranched alkanes of at least 4 members (excludes halogenated alkanes) is 1. The van der Waals surface area contributed by atoms with E-state index in [9.17, 15) is 9.59 Å². The molecule has 1 N–H and O–H groups in total. The van der Waals surface area contributed by atoms with E-state index in [2.05, 4.69) is 0 Å². The van der Waals surface area contributed by atoms with Crippen LogP contribution in [0.2, 0.25) is 0 Å². The summed E-state index contributed by atoms with van der Waals surface area (Å²) in [7, 11) is 0. The Labute approximate surface area is 98.9 Å². The maximum atomic E-state index is 11.6. The van der Waals surface area contributed by atoms with Gasteiger partial charge in [0.2, 0.25) is 5.12 Å². The minimum atomic E-state index is -0.778. The fourth-order valence-corrected chi connectivity index (χ4v) is 2.04. The number of carboxylic acids is 1. The summed E-state index contributed by atoms with van der Waals surface area (Å²) in [6.45, 7) is 0. The van der Waals surface area contributed by atoms with E-state index in [1.807, 2.05) is 18.2 Å². The van der Waals surface area contributed by atoms with Gasteiger partial charge in [0, 0.05) is 17.7 Å². The van der Waals surface area contributed by atoms with Crippen LogP contribution >= 0.6 is 11.8 Å². The third-order valence-electron chi connectivity index (χ3n) is 2.03. The van der Waals surface area contributed by atoms with Crippen molar-refractivity contribution in [1.29, 1.82) is 0 Å². The highest BCUT2D eigenvalue weighted by Crippen LogP contribution is 2.14. The van der Waals surface area contributed by atoms with Crippen LogP contribution in [0, 0.1) is 0 Å². The zero-order valence-electron chi connectivity index (χ0n) is 8.89. The average molecular weight is 238 g/mol. The summed E-state index contributed by atoms with van der Waals surface area (Å²) in [5, 5.41) is 8.48.